The van der Waals surface area contributed by atoms with Gasteiger partial charge in [0, 0.05) is 37.3 Å². The first-order valence-corrected chi connectivity index (χ1v) is 27.9. The molecule has 0 aromatic heterocycles. The van der Waals surface area contributed by atoms with Gasteiger partial charge in [0.1, 0.15) is 5.60 Å². The fourth-order valence-electron chi connectivity index (χ4n) is 6.89. The Kier molecular flexibility index (Phi) is 16.5. The van der Waals surface area contributed by atoms with Gasteiger partial charge in [0.25, 0.3) is 11.8 Å². The molecular weight excluding hydrogens is 825 g/mol. The van der Waals surface area contributed by atoms with E-state index in [2.05, 4.69) is 73.0 Å². The van der Waals surface area contributed by atoms with E-state index in [1.807, 2.05) is 9.80 Å². The fraction of sp³-hybridized carbons (Fsp3) is 0.674. The van der Waals surface area contributed by atoms with Gasteiger partial charge >= 0.3 is 6.09 Å². The smallest absolute Gasteiger partial charge is 0.412 e. The number of benzene rings is 2. The maximum atomic E-state index is 14.3. The quantitative estimate of drug-likeness (QED) is 0.0884. The zero-order chi connectivity index (χ0) is 46.4. The highest BCUT2D eigenvalue weighted by molar-refractivity contribution is 6.74. The molecule has 4 rings (SSSR count). The van der Waals surface area contributed by atoms with Gasteiger partial charge in [-0.05, 0) is 94.9 Å². The molecule has 2 aromatic carbocycles. The molecule has 2 fully saturated rings. The SMILES string of the molecule is COc1cc(C(=O)N2CCC[C@H]2CO[Si](C)(C)C(C)(C)C)c(N)cc1OCCCOc1cc(NC(=O)OC(C)(C)C)c(C(=O)N2CCC[C@H]2CO[Si](C)(C)C(C)(C)C)cc1OC. The Bertz CT molecular complexity index is 1890. The summed E-state index contributed by atoms with van der Waals surface area (Å²) in [6.07, 6.45) is 3.19. The zero-order valence-corrected chi connectivity index (χ0v) is 42.3. The number of anilines is 2. The number of nitrogen functional groups attached to an aromatic ring is 1. The summed E-state index contributed by atoms with van der Waals surface area (Å²) in [4.78, 5) is 45.0. The van der Waals surface area contributed by atoms with Crippen molar-refractivity contribution in [3.8, 4) is 23.0 Å². The summed E-state index contributed by atoms with van der Waals surface area (Å²) in [6.45, 7) is 30.0. The van der Waals surface area contributed by atoms with Crippen LogP contribution >= 0.6 is 0 Å². The van der Waals surface area contributed by atoms with E-state index in [0.717, 1.165) is 25.7 Å². The molecule has 0 saturated carbocycles. The minimum absolute atomic E-state index is 0.0209. The van der Waals surface area contributed by atoms with Crippen LogP contribution in [0.5, 0.6) is 23.0 Å². The maximum Gasteiger partial charge on any atom is 0.412 e. The molecular formula is C46H76N4O10Si2. The van der Waals surface area contributed by atoms with E-state index in [1.165, 1.54) is 14.2 Å². The first kappa shape index (κ1) is 50.6. The summed E-state index contributed by atoms with van der Waals surface area (Å²) in [6, 6.07) is 6.35. The van der Waals surface area contributed by atoms with Crippen molar-refractivity contribution in [2.45, 2.75) is 148 Å². The molecule has 0 spiro atoms. The lowest BCUT2D eigenvalue weighted by molar-refractivity contribution is 0.0634. The predicted molar refractivity (Wildman–Crippen MR) is 250 cm³/mol. The number of nitrogens with one attached hydrogen (secondary N) is 1. The molecule has 0 unspecified atom stereocenters. The van der Waals surface area contributed by atoms with Crippen LogP contribution in [0, 0.1) is 0 Å². The second-order valence-electron chi connectivity index (χ2n) is 20.5. The van der Waals surface area contributed by atoms with Crippen molar-refractivity contribution in [2.24, 2.45) is 0 Å². The topological polar surface area (TPSA) is 160 Å². The van der Waals surface area contributed by atoms with Gasteiger partial charge in [0.2, 0.25) is 0 Å². The van der Waals surface area contributed by atoms with Crippen LogP contribution in [0.15, 0.2) is 24.3 Å². The van der Waals surface area contributed by atoms with Crippen molar-refractivity contribution < 1.29 is 46.9 Å². The first-order valence-electron chi connectivity index (χ1n) is 22.0. The summed E-state index contributed by atoms with van der Waals surface area (Å²) in [7, 11) is -1.00. The number of carbonyl (C=O) groups excluding carboxylic acids is 3. The van der Waals surface area contributed by atoms with E-state index < -0.39 is 28.3 Å². The van der Waals surface area contributed by atoms with Crippen LogP contribution in [0.3, 0.4) is 0 Å². The summed E-state index contributed by atoms with van der Waals surface area (Å²) >= 11 is 0. The number of nitrogens with zero attached hydrogens (tertiary/aromatic N) is 2. The third-order valence-corrected chi connectivity index (χ3v) is 21.7. The molecule has 2 heterocycles. The van der Waals surface area contributed by atoms with E-state index in [9.17, 15) is 14.4 Å². The lowest BCUT2D eigenvalue weighted by Gasteiger charge is -2.38. The fourth-order valence-corrected chi connectivity index (χ4v) is 8.97. The average Bonchev–Trinajstić information content (AvgIpc) is 3.84. The number of likely N-dealkylation sites (tertiary alicyclic amines) is 2. The molecule has 3 amide bonds. The molecule has 62 heavy (non-hydrogen) atoms. The van der Waals surface area contributed by atoms with Gasteiger partial charge in [0.05, 0.1) is 69.5 Å². The Balaban J connectivity index is 1.45. The largest absolute Gasteiger partial charge is 0.493 e. The minimum Gasteiger partial charge on any atom is -0.493 e. The van der Waals surface area contributed by atoms with Crippen LogP contribution in [0.4, 0.5) is 16.2 Å². The van der Waals surface area contributed by atoms with Crippen molar-refractivity contribution in [1.82, 2.24) is 9.80 Å². The molecule has 14 nitrogen and oxygen atoms in total. The lowest BCUT2D eigenvalue weighted by Crippen LogP contribution is -2.46. The Morgan fingerprint density at radius 1 is 0.677 bits per heavy atom. The standard InChI is InChI=1S/C46H76N4O10Si2/c1-44(2,3)60-43(53)48-36-28-40(38(55-11)26-34(36)42(52)50-22-17-20-32(50)30-59-62(14,15)46(7,8)9)57-24-18-23-56-39-27-35(47)33(25-37(39)54-10)41(51)49-21-16-19-31(49)29-58-61(12,13)45(4,5)6/h25-28,31-32H,16-24,29-30,47H2,1-15H3,(H,48,53)/t31-,32-/m0/s1. The van der Waals surface area contributed by atoms with E-state index in [0.29, 0.717) is 67.0 Å². The molecule has 2 aromatic rings. The Morgan fingerprint density at radius 3 is 1.55 bits per heavy atom. The molecule has 2 atom stereocenters. The van der Waals surface area contributed by atoms with E-state index in [-0.39, 0.29) is 58.4 Å². The van der Waals surface area contributed by atoms with Crippen LogP contribution in [-0.2, 0) is 13.6 Å². The maximum absolute atomic E-state index is 14.3. The molecule has 0 aliphatic carbocycles. The molecule has 3 N–H and O–H groups in total. The Morgan fingerprint density at radius 2 is 1.11 bits per heavy atom. The van der Waals surface area contributed by atoms with Gasteiger partial charge in [-0.25, -0.2) is 4.79 Å². The van der Waals surface area contributed by atoms with Crippen LogP contribution in [-0.4, -0.2) is 116 Å². The van der Waals surface area contributed by atoms with Crippen molar-refractivity contribution in [2.75, 3.05) is 64.8 Å². The number of rotatable bonds is 17. The number of nitrogens with two attached hydrogens (primary N) is 1. The number of carbonyl (C=O) groups is 3. The molecule has 2 aliphatic heterocycles. The van der Waals surface area contributed by atoms with Crippen LogP contribution in [0.25, 0.3) is 0 Å². The van der Waals surface area contributed by atoms with Crippen molar-refractivity contribution >= 4 is 45.9 Å². The number of methoxy groups -OCH3 is 2. The van der Waals surface area contributed by atoms with E-state index in [1.54, 1.807) is 45.0 Å². The normalized spacial score (nSPS) is 17.5. The molecule has 0 radical (unpaired) electrons. The number of ether oxygens (including phenoxy) is 5. The number of amides is 3. The summed E-state index contributed by atoms with van der Waals surface area (Å²) < 4.78 is 42.3. The molecule has 2 saturated heterocycles. The number of hydrogen-bond donors (Lipinski definition) is 2. The van der Waals surface area contributed by atoms with Crippen molar-refractivity contribution in [3.05, 3.63) is 35.4 Å². The summed E-state index contributed by atoms with van der Waals surface area (Å²) in [5.74, 6) is 1.06. The zero-order valence-electron chi connectivity index (χ0n) is 40.3. The van der Waals surface area contributed by atoms with E-state index >= 15 is 0 Å². The highest BCUT2D eigenvalue weighted by Gasteiger charge is 2.41. The minimum atomic E-state index is -2.05. The van der Waals surface area contributed by atoms with Gasteiger partial charge in [0.15, 0.2) is 39.6 Å². The van der Waals surface area contributed by atoms with Crippen LogP contribution in [0.1, 0.15) is 115 Å². The summed E-state index contributed by atoms with van der Waals surface area (Å²) in [5.41, 5.74) is 6.89. The van der Waals surface area contributed by atoms with Crippen LogP contribution < -0.4 is 30.0 Å². The predicted octanol–water partition coefficient (Wildman–Crippen LogP) is 9.73. The second-order valence-corrected chi connectivity index (χ2v) is 30.2. The Labute approximate surface area is 373 Å². The molecule has 16 heteroatoms. The third kappa shape index (κ3) is 12.8. The molecule has 0 bridgehead atoms. The number of hydrogen-bond acceptors (Lipinski definition) is 11. The molecule has 348 valence electrons. The lowest BCUT2D eigenvalue weighted by atomic mass is 10.1. The van der Waals surface area contributed by atoms with Gasteiger partial charge in [-0.2, -0.15) is 0 Å². The average molecular weight is 901 g/mol. The highest BCUT2D eigenvalue weighted by Crippen LogP contribution is 2.40. The van der Waals surface area contributed by atoms with Gasteiger partial charge < -0.3 is 48.1 Å². The second kappa shape index (κ2) is 20.2. The van der Waals surface area contributed by atoms with Gasteiger partial charge in [-0.1, -0.05) is 41.5 Å². The van der Waals surface area contributed by atoms with Gasteiger partial charge in [-0.15, -0.1) is 0 Å². The van der Waals surface area contributed by atoms with E-state index in [4.69, 9.17) is 38.3 Å². The third-order valence-electron chi connectivity index (χ3n) is 12.7. The van der Waals surface area contributed by atoms with Crippen molar-refractivity contribution in [1.29, 1.82) is 0 Å². The Hall–Kier alpha value is -4.00. The molecule has 2 aliphatic rings. The first-order chi connectivity index (χ1) is 28.7. The monoisotopic (exact) mass is 901 g/mol. The van der Waals surface area contributed by atoms with Crippen molar-refractivity contribution in [3.63, 3.8) is 0 Å². The van der Waals surface area contributed by atoms with Crippen LogP contribution in [0.2, 0.25) is 36.3 Å². The summed E-state index contributed by atoms with van der Waals surface area (Å²) in [5, 5.41) is 2.90. The highest BCUT2D eigenvalue weighted by atomic mass is 28.4. The van der Waals surface area contributed by atoms with Gasteiger partial charge in [-0.3, -0.25) is 14.9 Å².